The molecule has 0 spiro atoms. The second kappa shape index (κ2) is 11.1. The number of likely N-dealkylation sites (tertiary alicyclic amines) is 1. The molecule has 2 aliphatic heterocycles. The molecular weight excluding hydrogens is 373 g/mol. The minimum Gasteiger partial charge on any atom is -0.376 e. The van der Waals surface area contributed by atoms with E-state index >= 15 is 0 Å². The number of amides is 1. The number of piperidine rings is 1. The molecule has 3 rings (SSSR count). The van der Waals surface area contributed by atoms with Crippen LogP contribution in [-0.4, -0.2) is 67.2 Å². The summed E-state index contributed by atoms with van der Waals surface area (Å²) in [6, 6.07) is 0.624. The van der Waals surface area contributed by atoms with Gasteiger partial charge in [0, 0.05) is 38.6 Å². The largest absolute Gasteiger partial charge is 0.376 e. The molecule has 2 saturated heterocycles. The third kappa shape index (κ3) is 5.96. The van der Waals surface area contributed by atoms with Crippen LogP contribution in [0.5, 0.6) is 0 Å². The average molecular weight is 410 g/mol. The first-order valence-electron chi connectivity index (χ1n) is 9.95. The Morgan fingerprint density at radius 2 is 1.77 bits per heavy atom. The van der Waals surface area contributed by atoms with E-state index in [4.69, 9.17) is 10.5 Å². The lowest BCUT2D eigenvalue weighted by molar-refractivity contribution is -0.136. The second-order valence-corrected chi connectivity index (χ2v) is 8.23. The summed E-state index contributed by atoms with van der Waals surface area (Å²) in [6.07, 6.45) is 9.27. The van der Waals surface area contributed by atoms with E-state index in [9.17, 15) is 4.79 Å². The maximum Gasteiger partial charge on any atom is 0.223 e. The molecule has 3 aliphatic rings. The van der Waals surface area contributed by atoms with Crippen LogP contribution in [0.1, 0.15) is 58.3 Å². The number of nitrogens with zero attached hydrogens (tertiary/aromatic N) is 2. The van der Waals surface area contributed by atoms with Crippen molar-refractivity contribution in [2.75, 3.05) is 39.3 Å². The standard InChI is InChI=1S/C19H35N3O2.2ClH/c1-16-14-22(11-12-24-16)17-5-9-21(10-6-17)18(23)13-19(15-20)7-3-2-4-8-19;;/h16-17H,2-15,20H2,1H3;2*1H. The molecule has 1 aliphatic carbocycles. The van der Waals surface area contributed by atoms with Gasteiger partial charge < -0.3 is 15.4 Å². The zero-order valence-corrected chi connectivity index (χ0v) is 17.8. The van der Waals surface area contributed by atoms with Crippen molar-refractivity contribution in [2.45, 2.75) is 70.4 Å². The fraction of sp³-hybridized carbons (Fsp3) is 0.947. The maximum absolute atomic E-state index is 12.8. The Morgan fingerprint density at radius 3 is 2.35 bits per heavy atom. The summed E-state index contributed by atoms with van der Waals surface area (Å²) in [5, 5.41) is 0. The van der Waals surface area contributed by atoms with Gasteiger partial charge in [-0.3, -0.25) is 9.69 Å². The normalized spacial score (nSPS) is 27.3. The third-order valence-electron chi connectivity index (χ3n) is 6.48. The molecule has 2 N–H and O–H groups in total. The third-order valence-corrected chi connectivity index (χ3v) is 6.48. The Labute approximate surface area is 171 Å². The molecule has 0 bridgehead atoms. The van der Waals surface area contributed by atoms with Crippen molar-refractivity contribution in [3.05, 3.63) is 0 Å². The topological polar surface area (TPSA) is 58.8 Å². The van der Waals surface area contributed by atoms with Gasteiger partial charge in [-0.25, -0.2) is 0 Å². The molecule has 26 heavy (non-hydrogen) atoms. The number of halogens is 2. The fourth-order valence-electron chi connectivity index (χ4n) is 4.84. The van der Waals surface area contributed by atoms with Crippen LogP contribution in [-0.2, 0) is 9.53 Å². The first-order chi connectivity index (χ1) is 11.6. The Bertz CT molecular complexity index is 425. The van der Waals surface area contributed by atoms with E-state index < -0.39 is 0 Å². The van der Waals surface area contributed by atoms with Crippen LogP contribution in [0.25, 0.3) is 0 Å². The van der Waals surface area contributed by atoms with E-state index in [1.165, 1.54) is 19.3 Å². The molecule has 0 aromatic rings. The van der Waals surface area contributed by atoms with Gasteiger partial charge >= 0.3 is 0 Å². The van der Waals surface area contributed by atoms with Gasteiger partial charge in [0.25, 0.3) is 0 Å². The van der Waals surface area contributed by atoms with Gasteiger partial charge in [0.15, 0.2) is 0 Å². The minimum atomic E-state index is 0. The number of hydrogen-bond donors (Lipinski definition) is 1. The fourth-order valence-corrected chi connectivity index (χ4v) is 4.84. The van der Waals surface area contributed by atoms with Gasteiger partial charge in [-0.1, -0.05) is 19.3 Å². The highest BCUT2D eigenvalue weighted by Gasteiger charge is 2.36. The van der Waals surface area contributed by atoms with Crippen molar-refractivity contribution < 1.29 is 9.53 Å². The van der Waals surface area contributed by atoms with Gasteiger partial charge in [-0.05, 0) is 44.6 Å². The highest BCUT2D eigenvalue weighted by Crippen LogP contribution is 2.39. The number of rotatable bonds is 4. The zero-order chi connectivity index (χ0) is 17.0. The van der Waals surface area contributed by atoms with E-state index in [1.807, 2.05) is 0 Å². The van der Waals surface area contributed by atoms with Crippen LogP contribution in [0.2, 0.25) is 0 Å². The molecule has 0 aromatic carbocycles. The molecule has 5 nitrogen and oxygen atoms in total. The summed E-state index contributed by atoms with van der Waals surface area (Å²) in [4.78, 5) is 17.5. The summed E-state index contributed by atoms with van der Waals surface area (Å²) in [5.74, 6) is 0.344. The van der Waals surface area contributed by atoms with E-state index in [0.717, 1.165) is 58.5 Å². The van der Waals surface area contributed by atoms with E-state index in [2.05, 4.69) is 16.7 Å². The highest BCUT2D eigenvalue weighted by atomic mass is 35.5. The first kappa shape index (κ1) is 24.0. The molecule has 1 saturated carbocycles. The molecule has 1 atom stereocenters. The SMILES string of the molecule is CC1CN(C2CCN(C(=O)CC3(CN)CCCCC3)CC2)CCO1.Cl.Cl. The Morgan fingerprint density at radius 1 is 1.12 bits per heavy atom. The number of nitrogens with two attached hydrogens (primary N) is 1. The van der Waals surface area contributed by atoms with Gasteiger partial charge in [0.2, 0.25) is 5.91 Å². The lowest BCUT2D eigenvalue weighted by Crippen LogP contribution is -2.52. The quantitative estimate of drug-likeness (QED) is 0.775. The maximum atomic E-state index is 12.8. The van der Waals surface area contributed by atoms with Crippen LogP contribution in [0.15, 0.2) is 0 Å². The highest BCUT2D eigenvalue weighted by molar-refractivity contribution is 5.85. The van der Waals surface area contributed by atoms with Crippen LogP contribution in [0.4, 0.5) is 0 Å². The average Bonchev–Trinajstić information content (AvgIpc) is 2.62. The van der Waals surface area contributed by atoms with E-state index in [-0.39, 0.29) is 30.2 Å². The lowest BCUT2D eigenvalue weighted by Gasteiger charge is -2.43. The molecule has 154 valence electrons. The molecule has 3 fully saturated rings. The molecule has 0 aromatic heterocycles. The van der Waals surface area contributed by atoms with Crippen molar-refractivity contribution in [1.29, 1.82) is 0 Å². The van der Waals surface area contributed by atoms with Gasteiger partial charge in [0.1, 0.15) is 0 Å². The Hall–Kier alpha value is -0.0700. The van der Waals surface area contributed by atoms with Gasteiger partial charge in [-0.15, -0.1) is 24.8 Å². The summed E-state index contributed by atoms with van der Waals surface area (Å²) in [7, 11) is 0. The number of hydrogen-bond acceptors (Lipinski definition) is 4. The smallest absolute Gasteiger partial charge is 0.223 e. The first-order valence-corrected chi connectivity index (χ1v) is 9.95. The summed E-state index contributed by atoms with van der Waals surface area (Å²) >= 11 is 0. The monoisotopic (exact) mass is 409 g/mol. The van der Waals surface area contributed by atoms with Crippen LogP contribution in [0, 0.1) is 5.41 Å². The summed E-state index contributed by atoms with van der Waals surface area (Å²) in [5.41, 5.74) is 6.15. The van der Waals surface area contributed by atoms with Crippen molar-refractivity contribution in [1.82, 2.24) is 9.80 Å². The van der Waals surface area contributed by atoms with Crippen molar-refractivity contribution in [2.24, 2.45) is 11.1 Å². The molecular formula is C19H37Cl2N3O2. The van der Waals surface area contributed by atoms with Crippen molar-refractivity contribution in [3.8, 4) is 0 Å². The van der Waals surface area contributed by atoms with Crippen LogP contribution < -0.4 is 5.73 Å². The number of carbonyl (C=O) groups excluding carboxylic acids is 1. The van der Waals surface area contributed by atoms with E-state index in [1.54, 1.807) is 0 Å². The van der Waals surface area contributed by atoms with Crippen LogP contribution >= 0.6 is 24.8 Å². The minimum absolute atomic E-state index is 0. The van der Waals surface area contributed by atoms with E-state index in [0.29, 0.717) is 31.0 Å². The number of carbonyl (C=O) groups is 1. The predicted octanol–water partition coefficient (Wildman–Crippen LogP) is 2.84. The number of ether oxygens (including phenoxy) is 1. The lowest BCUT2D eigenvalue weighted by atomic mass is 9.71. The molecule has 0 radical (unpaired) electrons. The van der Waals surface area contributed by atoms with Gasteiger partial charge in [0.05, 0.1) is 12.7 Å². The summed E-state index contributed by atoms with van der Waals surface area (Å²) in [6.45, 7) is 7.57. The summed E-state index contributed by atoms with van der Waals surface area (Å²) < 4.78 is 5.65. The van der Waals surface area contributed by atoms with Gasteiger partial charge in [-0.2, -0.15) is 0 Å². The Kier molecular flexibility index (Phi) is 10.2. The second-order valence-electron chi connectivity index (χ2n) is 8.23. The Balaban J connectivity index is 0.00000169. The van der Waals surface area contributed by atoms with Crippen molar-refractivity contribution >= 4 is 30.7 Å². The zero-order valence-electron chi connectivity index (χ0n) is 16.2. The molecule has 1 unspecified atom stereocenters. The predicted molar refractivity (Wildman–Crippen MR) is 110 cm³/mol. The molecule has 2 heterocycles. The molecule has 7 heteroatoms. The number of morpholine rings is 1. The molecule has 1 amide bonds. The van der Waals surface area contributed by atoms with Crippen molar-refractivity contribution in [3.63, 3.8) is 0 Å². The van der Waals surface area contributed by atoms with Crippen LogP contribution in [0.3, 0.4) is 0 Å².